The Morgan fingerprint density at radius 3 is 1.23 bits per heavy atom. The zero-order chi connectivity index (χ0) is 27.9. The second-order valence-electron chi connectivity index (χ2n) is 11.9. The molecule has 3 heteroatoms. The zero-order valence-corrected chi connectivity index (χ0v) is 29.7. The molecule has 3 aromatic rings. The SMILES string of the molecule is CCCCCCCCc1cc(I)c2c(c1)c1cc(CCCCCCCC)cc(I)c1n2CCCCCCCC. The summed E-state index contributed by atoms with van der Waals surface area (Å²) in [5, 5.41) is 3.01. The summed E-state index contributed by atoms with van der Waals surface area (Å²) in [6.45, 7) is 8.07. The Morgan fingerprint density at radius 1 is 0.462 bits per heavy atom. The van der Waals surface area contributed by atoms with Gasteiger partial charge in [0.1, 0.15) is 0 Å². The zero-order valence-electron chi connectivity index (χ0n) is 25.4. The molecule has 0 aliphatic rings. The van der Waals surface area contributed by atoms with Gasteiger partial charge in [-0.3, -0.25) is 0 Å². The van der Waals surface area contributed by atoms with Gasteiger partial charge < -0.3 is 4.57 Å². The highest BCUT2D eigenvalue weighted by Gasteiger charge is 2.17. The molecule has 0 aliphatic carbocycles. The first kappa shape index (κ1) is 33.2. The van der Waals surface area contributed by atoms with Gasteiger partial charge in [-0.25, -0.2) is 0 Å². The lowest BCUT2D eigenvalue weighted by Gasteiger charge is -2.11. The molecular formula is C36H55I2N. The molecule has 1 nitrogen and oxygen atoms in total. The van der Waals surface area contributed by atoms with E-state index in [1.54, 1.807) is 0 Å². The molecule has 1 heterocycles. The van der Waals surface area contributed by atoms with E-state index < -0.39 is 0 Å². The number of aromatic nitrogens is 1. The second-order valence-corrected chi connectivity index (χ2v) is 14.2. The molecule has 0 spiro atoms. The van der Waals surface area contributed by atoms with Gasteiger partial charge in [0.15, 0.2) is 0 Å². The average Bonchev–Trinajstić information content (AvgIpc) is 3.24. The van der Waals surface area contributed by atoms with Crippen molar-refractivity contribution in [3.63, 3.8) is 0 Å². The van der Waals surface area contributed by atoms with Crippen molar-refractivity contribution in [2.45, 2.75) is 156 Å². The van der Waals surface area contributed by atoms with Crippen LogP contribution in [0.3, 0.4) is 0 Å². The molecule has 0 bridgehead atoms. The fraction of sp³-hybridized carbons (Fsp3) is 0.667. The summed E-state index contributed by atoms with van der Waals surface area (Å²) >= 11 is 5.28. The van der Waals surface area contributed by atoms with Crippen LogP contribution in [0.25, 0.3) is 21.8 Å². The fourth-order valence-electron chi connectivity index (χ4n) is 6.16. The fourth-order valence-corrected chi connectivity index (χ4v) is 8.13. The summed E-state index contributed by atoms with van der Waals surface area (Å²) in [5.41, 5.74) is 6.05. The molecule has 0 radical (unpaired) electrons. The number of fused-ring (bicyclic) bond motifs is 3. The summed E-state index contributed by atoms with van der Waals surface area (Å²) in [6, 6.07) is 10.1. The van der Waals surface area contributed by atoms with E-state index in [-0.39, 0.29) is 0 Å². The number of nitrogens with zero attached hydrogens (tertiary/aromatic N) is 1. The van der Waals surface area contributed by atoms with Crippen LogP contribution in [0.4, 0.5) is 0 Å². The van der Waals surface area contributed by atoms with Crippen LogP contribution < -0.4 is 0 Å². The highest BCUT2D eigenvalue weighted by Crippen LogP contribution is 2.37. The third-order valence-electron chi connectivity index (χ3n) is 8.45. The van der Waals surface area contributed by atoms with Gasteiger partial charge in [0.05, 0.1) is 11.0 Å². The van der Waals surface area contributed by atoms with Gasteiger partial charge >= 0.3 is 0 Å². The van der Waals surface area contributed by atoms with Crippen molar-refractivity contribution in [1.82, 2.24) is 4.57 Å². The molecule has 0 fully saturated rings. The lowest BCUT2D eigenvalue weighted by molar-refractivity contribution is 0.570. The van der Waals surface area contributed by atoms with Crippen molar-refractivity contribution < 1.29 is 0 Å². The first-order valence-corrected chi connectivity index (χ1v) is 18.7. The highest BCUT2D eigenvalue weighted by molar-refractivity contribution is 14.1. The van der Waals surface area contributed by atoms with Gasteiger partial charge in [-0.2, -0.15) is 0 Å². The predicted molar refractivity (Wildman–Crippen MR) is 192 cm³/mol. The maximum atomic E-state index is 2.69. The molecule has 39 heavy (non-hydrogen) atoms. The molecule has 218 valence electrons. The monoisotopic (exact) mass is 755 g/mol. The number of unbranched alkanes of at least 4 members (excludes halogenated alkanes) is 15. The summed E-state index contributed by atoms with van der Waals surface area (Å²) in [5.74, 6) is 0. The molecule has 1 aromatic heterocycles. The first-order valence-electron chi connectivity index (χ1n) is 16.5. The van der Waals surface area contributed by atoms with Crippen molar-refractivity contribution in [1.29, 1.82) is 0 Å². The normalized spacial score (nSPS) is 11.8. The lowest BCUT2D eigenvalue weighted by Crippen LogP contribution is -2.01. The number of benzene rings is 2. The van der Waals surface area contributed by atoms with Gasteiger partial charge in [-0.15, -0.1) is 0 Å². The summed E-state index contributed by atoms with van der Waals surface area (Å²) in [6.07, 6.45) is 27.0. The van der Waals surface area contributed by atoms with E-state index in [0.717, 1.165) is 6.54 Å². The van der Waals surface area contributed by atoms with E-state index in [2.05, 4.69) is 94.8 Å². The Kier molecular flexibility index (Phi) is 16.2. The van der Waals surface area contributed by atoms with E-state index in [9.17, 15) is 0 Å². The topological polar surface area (TPSA) is 4.93 Å². The Morgan fingerprint density at radius 2 is 0.821 bits per heavy atom. The van der Waals surface area contributed by atoms with Crippen LogP contribution >= 0.6 is 45.2 Å². The van der Waals surface area contributed by atoms with Crippen LogP contribution in [0.15, 0.2) is 24.3 Å². The molecule has 3 rings (SSSR count). The van der Waals surface area contributed by atoms with Crippen LogP contribution in [0.1, 0.15) is 147 Å². The summed E-state index contributed by atoms with van der Waals surface area (Å²) in [7, 11) is 0. The van der Waals surface area contributed by atoms with Crippen molar-refractivity contribution >= 4 is 67.0 Å². The van der Waals surface area contributed by atoms with Crippen LogP contribution in [0, 0.1) is 7.14 Å². The molecule has 0 aliphatic heterocycles. The van der Waals surface area contributed by atoms with Crippen molar-refractivity contribution in [3.05, 3.63) is 42.5 Å². The molecule has 0 atom stereocenters. The molecule has 0 unspecified atom stereocenters. The number of aryl methyl sites for hydroxylation is 3. The number of rotatable bonds is 21. The minimum atomic E-state index is 1.14. The third kappa shape index (κ3) is 10.5. The van der Waals surface area contributed by atoms with E-state index >= 15 is 0 Å². The smallest absolute Gasteiger partial charge is 0.0627 e. The van der Waals surface area contributed by atoms with E-state index in [1.807, 2.05) is 0 Å². The Bertz CT molecular complexity index is 1030. The van der Waals surface area contributed by atoms with E-state index in [4.69, 9.17) is 0 Å². The van der Waals surface area contributed by atoms with Gasteiger partial charge in [0.25, 0.3) is 0 Å². The molecule has 0 N–H and O–H groups in total. The van der Waals surface area contributed by atoms with Gasteiger partial charge in [-0.1, -0.05) is 117 Å². The van der Waals surface area contributed by atoms with E-state index in [1.165, 1.54) is 168 Å². The largest absolute Gasteiger partial charge is 0.339 e. The Balaban J connectivity index is 1.85. The molecule has 0 saturated carbocycles. The number of halogens is 2. The van der Waals surface area contributed by atoms with E-state index in [0.29, 0.717) is 0 Å². The average molecular weight is 756 g/mol. The van der Waals surface area contributed by atoms with Crippen molar-refractivity contribution in [2.24, 2.45) is 0 Å². The second kappa shape index (κ2) is 19.0. The first-order chi connectivity index (χ1) is 19.1. The van der Waals surface area contributed by atoms with Gasteiger partial charge in [-0.05, 0) is 113 Å². The quantitative estimate of drug-likeness (QED) is 0.0754. The maximum Gasteiger partial charge on any atom is 0.0627 e. The van der Waals surface area contributed by atoms with Crippen LogP contribution in [0.5, 0.6) is 0 Å². The van der Waals surface area contributed by atoms with Gasteiger partial charge in [0, 0.05) is 24.5 Å². The number of hydrogen-bond donors (Lipinski definition) is 0. The Labute approximate surface area is 267 Å². The molecule has 0 saturated heterocycles. The standard InChI is InChI=1S/C36H55I2N/c1-4-7-10-13-16-19-22-29-25-31-32-26-30(23-20-17-14-11-8-5-2)28-34(38)36(32)39(35(31)33(37)27-29)24-21-18-15-12-9-6-3/h25-28H,4-24H2,1-3H3. The molecular weight excluding hydrogens is 700 g/mol. The van der Waals surface area contributed by atoms with Crippen molar-refractivity contribution in [2.75, 3.05) is 0 Å². The highest BCUT2D eigenvalue weighted by atomic mass is 127. The Hall–Kier alpha value is -0.300. The summed E-state index contributed by atoms with van der Waals surface area (Å²) in [4.78, 5) is 0. The van der Waals surface area contributed by atoms with Crippen LogP contribution in [-0.4, -0.2) is 4.57 Å². The minimum absolute atomic E-state index is 1.14. The minimum Gasteiger partial charge on any atom is -0.339 e. The molecule has 2 aromatic carbocycles. The molecule has 0 amide bonds. The summed E-state index contributed by atoms with van der Waals surface area (Å²) < 4.78 is 5.58. The predicted octanol–water partition coefficient (Wildman–Crippen LogP) is 13.2. The maximum absolute atomic E-state index is 2.69. The lowest BCUT2D eigenvalue weighted by atomic mass is 10.0. The van der Waals surface area contributed by atoms with Crippen molar-refractivity contribution in [3.8, 4) is 0 Å². The van der Waals surface area contributed by atoms with Crippen LogP contribution in [0.2, 0.25) is 0 Å². The number of hydrogen-bond acceptors (Lipinski definition) is 0. The van der Waals surface area contributed by atoms with Gasteiger partial charge in [0.2, 0.25) is 0 Å². The third-order valence-corrected chi connectivity index (χ3v) is 10.1. The van der Waals surface area contributed by atoms with Crippen LogP contribution in [-0.2, 0) is 19.4 Å².